The van der Waals surface area contributed by atoms with Crippen LogP contribution in [-0.4, -0.2) is 25.5 Å². The van der Waals surface area contributed by atoms with Crippen LogP contribution < -0.4 is 16.4 Å². The number of aliphatic imine (C=N–C) groups is 1. The molecule has 0 unspecified atom stereocenters. The molecule has 27 heavy (non-hydrogen) atoms. The number of carbonyl (C=O) groups excluding carboxylic acids is 1. The number of guanidine groups is 1. The highest BCUT2D eigenvalue weighted by Crippen LogP contribution is 2.22. The van der Waals surface area contributed by atoms with Gasteiger partial charge in [-0.1, -0.05) is 35.9 Å². The highest BCUT2D eigenvalue weighted by molar-refractivity contribution is 14.0. The Balaban J connectivity index is 0.00000364. The van der Waals surface area contributed by atoms with E-state index in [0.29, 0.717) is 17.3 Å². The molecular weight excluding hydrogens is 479 g/mol. The van der Waals surface area contributed by atoms with Crippen molar-refractivity contribution in [3.05, 3.63) is 58.6 Å². The molecule has 8 heteroatoms. The first kappa shape index (κ1) is 23.2. The van der Waals surface area contributed by atoms with Crippen molar-refractivity contribution >= 4 is 58.8 Å². The van der Waals surface area contributed by atoms with Crippen LogP contribution in [-0.2, 0) is 16.1 Å². The smallest absolute Gasteiger partial charge is 0.226 e. The Morgan fingerprint density at radius 2 is 1.93 bits per heavy atom. The Morgan fingerprint density at radius 3 is 2.63 bits per heavy atom. The first-order chi connectivity index (χ1) is 12.5. The van der Waals surface area contributed by atoms with Gasteiger partial charge < -0.3 is 21.1 Å². The molecule has 0 spiro atoms. The number of anilines is 2. The van der Waals surface area contributed by atoms with Gasteiger partial charge in [0.15, 0.2) is 5.96 Å². The lowest BCUT2D eigenvalue weighted by atomic mass is 10.2. The van der Waals surface area contributed by atoms with Crippen LogP contribution in [0.25, 0.3) is 0 Å². The molecule has 0 aliphatic rings. The second-order valence-corrected chi connectivity index (χ2v) is 6.17. The van der Waals surface area contributed by atoms with Crippen molar-refractivity contribution in [1.29, 1.82) is 0 Å². The van der Waals surface area contributed by atoms with Crippen molar-refractivity contribution in [3.63, 3.8) is 0 Å². The Labute approximate surface area is 181 Å². The SMILES string of the molecule is COCc1ccccc1NC(N)=NCCC(=O)Nc1ccc(C)cc1Cl.I. The number of carbonyl (C=O) groups is 1. The van der Waals surface area contributed by atoms with Gasteiger partial charge in [0, 0.05) is 24.8 Å². The first-order valence-corrected chi connectivity index (χ1v) is 8.57. The predicted molar refractivity (Wildman–Crippen MR) is 122 cm³/mol. The Morgan fingerprint density at radius 1 is 1.19 bits per heavy atom. The fourth-order valence-electron chi connectivity index (χ4n) is 2.31. The van der Waals surface area contributed by atoms with Crippen molar-refractivity contribution < 1.29 is 9.53 Å². The Kier molecular flexibility index (Phi) is 10.1. The van der Waals surface area contributed by atoms with E-state index in [2.05, 4.69) is 15.6 Å². The summed E-state index contributed by atoms with van der Waals surface area (Å²) in [4.78, 5) is 16.2. The third kappa shape index (κ3) is 7.74. The summed E-state index contributed by atoms with van der Waals surface area (Å²) in [5.74, 6) is 0.0711. The minimum atomic E-state index is -0.174. The van der Waals surface area contributed by atoms with Crippen molar-refractivity contribution in [2.75, 3.05) is 24.3 Å². The summed E-state index contributed by atoms with van der Waals surface area (Å²) in [6.07, 6.45) is 0.201. The fourth-order valence-corrected chi connectivity index (χ4v) is 2.60. The number of nitrogens with zero attached hydrogens (tertiary/aromatic N) is 1. The largest absolute Gasteiger partial charge is 0.380 e. The van der Waals surface area contributed by atoms with Crippen LogP contribution in [0.3, 0.4) is 0 Å². The van der Waals surface area contributed by atoms with Crippen LogP contribution in [0, 0.1) is 6.92 Å². The van der Waals surface area contributed by atoms with E-state index >= 15 is 0 Å². The summed E-state index contributed by atoms with van der Waals surface area (Å²) >= 11 is 6.11. The monoisotopic (exact) mass is 502 g/mol. The summed E-state index contributed by atoms with van der Waals surface area (Å²) in [5, 5.41) is 6.31. The second-order valence-electron chi connectivity index (χ2n) is 5.76. The molecule has 0 aromatic heterocycles. The minimum absolute atomic E-state index is 0. The van der Waals surface area contributed by atoms with Gasteiger partial charge in [-0.15, -0.1) is 24.0 Å². The minimum Gasteiger partial charge on any atom is -0.380 e. The average Bonchev–Trinajstić information content (AvgIpc) is 2.59. The summed E-state index contributed by atoms with van der Waals surface area (Å²) < 4.78 is 5.15. The number of ether oxygens (including phenoxy) is 1. The van der Waals surface area contributed by atoms with Crippen molar-refractivity contribution in [1.82, 2.24) is 0 Å². The third-order valence-corrected chi connectivity index (χ3v) is 3.91. The highest BCUT2D eigenvalue weighted by Gasteiger charge is 2.06. The average molecular weight is 503 g/mol. The van der Waals surface area contributed by atoms with Crippen molar-refractivity contribution in [3.8, 4) is 0 Å². The van der Waals surface area contributed by atoms with E-state index < -0.39 is 0 Å². The summed E-state index contributed by atoms with van der Waals surface area (Å²) in [7, 11) is 1.63. The van der Waals surface area contributed by atoms with E-state index in [0.717, 1.165) is 16.8 Å². The zero-order valence-electron chi connectivity index (χ0n) is 15.3. The topological polar surface area (TPSA) is 88.7 Å². The molecule has 2 aromatic rings. The van der Waals surface area contributed by atoms with E-state index in [-0.39, 0.29) is 48.8 Å². The number of rotatable bonds is 7. The van der Waals surface area contributed by atoms with Gasteiger partial charge in [-0.05, 0) is 30.7 Å². The van der Waals surface area contributed by atoms with E-state index in [4.69, 9.17) is 22.1 Å². The molecule has 4 N–H and O–H groups in total. The van der Waals surface area contributed by atoms with Crippen LogP contribution in [0.1, 0.15) is 17.5 Å². The molecule has 0 aliphatic carbocycles. The second kappa shape index (κ2) is 11.8. The zero-order valence-corrected chi connectivity index (χ0v) is 18.4. The fraction of sp³-hybridized carbons (Fsp3) is 0.263. The van der Waals surface area contributed by atoms with E-state index in [9.17, 15) is 4.79 Å². The number of halogens is 2. The number of hydrogen-bond acceptors (Lipinski definition) is 3. The van der Waals surface area contributed by atoms with Gasteiger partial charge in [0.25, 0.3) is 0 Å². The molecule has 1 amide bonds. The number of methoxy groups -OCH3 is 1. The maximum absolute atomic E-state index is 12.0. The van der Waals surface area contributed by atoms with Gasteiger partial charge in [-0.2, -0.15) is 0 Å². The van der Waals surface area contributed by atoms with Crippen LogP contribution >= 0.6 is 35.6 Å². The summed E-state index contributed by atoms with van der Waals surface area (Å²) in [5.41, 5.74) is 9.31. The zero-order chi connectivity index (χ0) is 18.9. The molecule has 0 fully saturated rings. The number of nitrogens with two attached hydrogens (primary N) is 1. The highest BCUT2D eigenvalue weighted by atomic mass is 127. The molecule has 2 aromatic carbocycles. The summed E-state index contributed by atoms with van der Waals surface area (Å²) in [6, 6.07) is 13.1. The maximum Gasteiger partial charge on any atom is 0.226 e. The van der Waals surface area contributed by atoms with Gasteiger partial charge >= 0.3 is 0 Å². The van der Waals surface area contributed by atoms with E-state index in [1.807, 2.05) is 37.3 Å². The number of nitrogens with one attached hydrogen (secondary N) is 2. The number of benzene rings is 2. The quantitative estimate of drug-likeness (QED) is 0.301. The number of hydrogen-bond donors (Lipinski definition) is 3. The predicted octanol–water partition coefficient (Wildman–Crippen LogP) is 4.17. The molecule has 2 rings (SSSR count). The van der Waals surface area contributed by atoms with Gasteiger partial charge in [0.1, 0.15) is 0 Å². The van der Waals surface area contributed by atoms with E-state index in [1.165, 1.54) is 0 Å². The van der Waals surface area contributed by atoms with Crippen LogP contribution in [0.2, 0.25) is 5.02 Å². The van der Waals surface area contributed by atoms with Crippen LogP contribution in [0.15, 0.2) is 47.5 Å². The van der Waals surface area contributed by atoms with Gasteiger partial charge in [-0.3, -0.25) is 9.79 Å². The molecule has 146 valence electrons. The van der Waals surface area contributed by atoms with Gasteiger partial charge in [0.2, 0.25) is 5.91 Å². The molecule has 6 nitrogen and oxygen atoms in total. The van der Waals surface area contributed by atoms with Gasteiger partial charge in [-0.25, -0.2) is 0 Å². The Bertz CT molecular complexity index is 799. The molecule has 0 atom stereocenters. The number of amides is 1. The number of para-hydroxylation sites is 1. The lowest BCUT2D eigenvalue weighted by molar-refractivity contribution is -0.116. The lowest BCUT2D eigenvalue weighted by Crippen LogP contribution is -2.24. The Hall–Kier alpha value is -1.84. The molecule has 0 saturated carbocycles. The molecular formula is C19H24ClIN4O2. The lowest BCUT2D eigenvalue weighted by Gasteiger charge is -2.11. The third-order valence-electron chi connectivity index (χ3n) is 3.60. The van der Waals surface area contributed by atoms with Gasteiger partial charge in [0.05, 0.1) is 23.9 Å². The van der Waals surface area contributed by atoms with E-state index in [1.54, 1.807) is 19.2 Å². The summed E-state index contributed by atoms with van der Waals surface area (Å²) in [6.45, 7) is 2.67. The molecule has 0 aliphatic heterocycles. The molecule has 0 saturated heterocycles. The molecule has 0 heterocycles. The van der Waals surface area contributed by atoms with Crippen LogP contribution in [0.4, 0.5) is 11.4 Å². The molecule has 0 bridgehead atoms. The maximum atomic E-state index is 12.0. The first-order valence-electron chi connectivity index (χ1n) is 8.19. The molecule has 0 radical (unpaired) electrons. The number of aryl methyl sites for hydroxylation is 1. The standard InChI is InChI=1S/C19H23ClN4O2.HI/c1-13-7-8-17(15(20)11-13)23-18(25)9-10-22-19(21)24-16-6-4-3-5-14(16)12-26-2;/h3-8,11H,9-10,12H2,1-2H3,(H,23,25)(H3,21,22,24);1H. The van der Waals surface area contributed by atoms with Crippen molar-refractivity contribution in [2.45, 2.75) is 20.0 Å². The van der Waals surface area contributed by atoms with Crippen molar-refractivity contribution in [2.24, 2.45) is 10.7 Å². The van der Waals surface area contributed by atoms with Crippen LogP contribution in [0.5, 0.6) is 0 Å². The normalized spacial score (nSPS) is 10.9.